The minimum absolute atomic E-state index is 0.0632. The van der Waals surface area contributed by atoms with E-state index in [1.165, 1.54) is 0 Å². The minimum Gasteiger partial charge on any atom is -0.462 e. The number of alkyl halides is 2. The molecular weight excluding hydrogens is 254 g/mol. The smallest absolute Gasteiger partial charge is 0.339 e. The fourth-order valence-electron chi connectivity index (χ4n) is 1.12. The molecule has 1 heterocycles. The molecule has 0 saturated carbocycles. The van der Waals surface area contributed by atoms with Crippen LogP contribution in [0.25, 0.3) is 0 Å². The molecule has 0 saturated heterocycles. The van der Waals surface area contributed by atoms with Gasteiger partial charge >= 0.3 is 5.97 Å². The number of carbonyl (C=O) groups excluding carboxylic acids is 1. The van der Waals surface area contributed by atoms with Crippen molar-refractivity contribution in [1.82, 2.24) is 4.98 Å². The second kappa shape index (κ2) is 5.55. The summed E-state index contributed by atoms with van der Waals surface area (Å²) in [5, 5.41) is 8.34. The highest BCUT2D eigenvalue weighted by molar-refractivity contribution is 6.31. The van der Waals surface area contributed by atoms with Crippen LogP contribution in [0.5, 0.6) is 0 Å². The summed E-state index contributed by atoms with van der Waals surface area (Å²) in [4.78, 5) is 14.8. The molecule has 0 bridgehead atoms. The van der Waals surface area contributed by atoms with E-state index in [1.54, 1.807) is 13.0 Å². The number of nitrogens with zero attached hydrogens (tertiary/aromatic N) is 2. The predicted octanol–water partition coefficient (Wildman–Crippen LogP) is 2.72. The van der Waals surface area contributed by atoms with Crippen molar-refractivity contribution in [3.63, 3.8) is 0 Å². The average Bonchev–Trinajstić information content (AvgIpc) is 2.28. The van der Waals surface area contributed by atoms with Gasteiger partial charge in [-0.25, -0.2) is 18.6 Å². The lowest BCUT2D eigenvalue weighted by atomic mass is 10.1. The van der Waals surface area contributed by atoms with Gasteiger partial charge in [0.2, 0.25) is 0 Å². The summed E-state index contributed by atoms with van der Waals surface area (Å²) in [7, 11) is 0. The molecule has 0 atom stereocenters. The van der Waals surface area contributed by atoms with E-state index < -0.39 is 23.2 Å². The first-order chi connectivity index (χ1) is 8.01. The van der Waals surface area contributed by atoms with Gasteiger partial charge in [0.25, 0.3) is 6.43 Å². The van der Waals surface area contributed by atoms with Gasteiger partial charge in [0.05, 0.1) is 12.2 Å². The molecule has 1 aromatic rings. The minimum atomic E-state index is -2.88. The van der Waals surface area contributed by atoms with Crippen molar-refractivity contribution in [2.24, 2.45) is 0 Å². The van der Waals surface area contributed by atoms with E-state index in [4.69, 9.17) is 16.9 Å². The monoisotopic (exact) mass is 260 g/mol. The van der Waals surface area contributed by atoms with Crippen molar-refractivity contribution in [3.05, 3.63) is 28.0 Å². The predicted molar refractivity (Wildman–Crippen MR) is 54.9 cm³/mol. The van der Waals surface area contributed by atoms with Crippen LogP contribution in [0.2, 0.25) is 5.15 Å². The molecule has 0 aliphatic carbocycles. The second-order valence-electron chi connectivity index (χ2n) is 2.89. The van der Waals surface area contributed by atoms with Crippen molar-refractivity contribution in [2.75, 3.05) is 6.61 Å². The van der Waals surface area contributed by atoms with Crippen LogP contribution in [0.4, 0.5) is 8.78 Å². The van der Waals surface area contributed by atoms with Crippen LogP contribution in [0, 0.1) is 11.3 Å². The van der Waals surface area contributed by atoms with Gasteiger partial charge in [-0.15, -0.1) is 0 Å². The Kier molecular flexibility index (Phi) is 4.35. The third-order valence-electron chi connectivity index (χ3n) is 1.83. The van der Waals surface area contributed by atoms with Crippen LogP contribution in [0.15, 0.2) is 6.07 Å². The van der Waals surface area contributed by atoms with Crippen LogP contribution >= 0.6 is 11.6 Å². The maximum absolute atomic E-state index is 12.5. The number of carbonyl (C=O) groups is 1. The number of aromatic nitrogens is 1. The van der Waals surface area contributed by atoms with Gasteiger partial charge in [-0.1, -0.05) is 11.6 Å². The molecule has 0 unspecified atom stereocenters. The highest BCUT2D eigenvalue weighted by Crippen LogP contribution is 2.25. The summed E-state index contributed by atoms with van der Waals surface area (Å²) in [6.45, 7) is 1.62. The fourth-order valence-corrected chi connectivity index (χ4v) is 1.36. The van der Waals surface area contributed by atoms with Crippen LogP contribution < -0.4 is 0 Å². The Morgan fingerprint density at radius 1 is 1.71 bits per heavy atom. The molecule has 1 aromatic heterocycles. The zero-order valence-corrected chi connectivity index (χ0v) is 9.46. The largest absolute Gasteiger partial charge is 0.462 e. The molecule has 0 radical (unpaired) electrons. The molecule has 0 aromatic carbocycles. The van der Waals surface area contributed by atoms with E-state index >= 15 is 0 Å². The molecule has 7 heteroatoms. The number of halogens is 3. The molecule has 90 valence electrons. The topological polar surface area (TPSA) is 63.0 Å². The van der Waals surface area contributed by atoms with E-state index in [9.17, 15) is 13.6 Å². The highest BCUT2D eigenvalue weighted by Gasteiger charge is 2.21. The lowest BCUT2D eigenvalue weighted by Crippen LogP contribution is -2.09. The maximum Gasteiger partial charge on any atom is 0.339 e. The van der Waals surface area contributed by atoms with E-state index in [0.29, 0.717) is 0 Å². The first-order valence-corrected chi connectivity index (χ1v) is 4.94. The Bertz CT molecular complexity index is 486. The molecule has 1 rings (SSSR count). The number of ether oxygens (including phenoxy) is 1. The van der Waals surface area contributed by atoms with Crippen molar-refractivity contribution >= 4 is 17.6 Å². The molecule has 0 spiro atoms. The van der Waals surface area contributed by atoms with Crippen molar-refractivity contribution in [2.45, 2.75) is 13.3 Å². The zero-order chi connectivity index (χ0) is 13.0. The van der Waals surface area contributed by atoms with Gasteiger partial charge in [0, 0.05) is 0 Å². The fraction of sp³-hybridized carbons (Fsp3) is 0.300. The van der Waals surface area contributed by atoms with E-state index in [2.05, 4.69) is 9.72 Å². The third kappa shape index (κ3) is 2.88. The molecule has 4 nitrogen and oxygen atoms in total. The molecule has 0 N–H and O–H groups in total. The van der Waals surface area contributed by atoms with Gasteiger partial charge in [0.1, 0.15) is 22.5 Å². The van der Waals surface area contributed by atoms with Gasteiger partial charge in [-0.3, -0.25) is 0 Å². The van der Waals surface area contributed by atoms with Gasteiger partial charge in [-0.2, -0.15) is 5.26 Å². The summed E-state index contributed by atoms with van der Waals surface area (Å²) < 4.78 is 29.6. The van der Waals surface area contributed by atoms with Crippen molar-refractivity contribution in [1.29, 1.82) is 5.26 Å². The third-order valence-corrected chi connectivity index (χ3v) is 2.10. The van der Waals surface area contributed by atoms with Crippen molar-refractivity contribution in [3.8, 4) is 6.07 Å². The Morgan fingerprint density at radius 3 is 2.82 bits per heavy atom. The molecule has 0 fully saturated rings. The molecule has 0 aliphatic heterocycles. The number of hydrogen-bond acceptors (Lipinski definition) is 4. The summed E-state index contributed by atoms with van der Waals surface area (Å²) in [6.07, 6.45) is -2.88. The van der Waals surface area contributed by atoms with Gasteiger partial charge < -0.3 is 4.74 Å². The van der Waals surface area contributed by atoms with E-state index in [1.807, 2.05) is 0 Å². The average molecular weight is 261 g/mol. The number of rotatable bonds is 3. The Morgan fingerprint density at radius 2 is 2.35 bits per heavy atom. The number of hydrogen-bond donors (Lipinski definition) is 0. The van der Waals surface area contributed by atoms with Crippen LogP contribution in [-0.4, -0.2) is 17.6 Å². The van der Waals surface area contributed by atoms with E-state index in [-0.39, 0.29) is 17.7 Å². The Hall–Kier alpha value is -1.74. The number of esters is 1. The number of nitriles is 1. The van der Waals surface area contributed by atoms with Crippen LogP contribution in [0.3, 0.4) is 0 Å². The van der Waals surface area contributed by atoms with Gasteiger partial charge in [-0.05, 0) is 13.0 Å². The summed E-state index contributed by atoms with van der Waals surface area (Å²) in [5.74, 6) is -0.879. The first kappa shape index (κ1) is 13.3. The van der Waals surface area contributed by atoms with Crippen LogP contribution in [-0.2, 0) is 4.74 Å². The zero-order valence-electron chi connectivity index (χ0n) is 8.71. The van der Waals surface area contributed by atoms with Crippen LogP contribution in [0.1, 0.15) is 35.0 Å². The Labute approximate surface area is 101 Å². The highest BCUT2D eigenvalue weighted by atomic mass is 35.5. The molecule has 17 heavy (non-hydrogen) atoms. The van der Waals surface area contributed by atoms with Gasteiger partial charge in [0.15, 0.2) is 0 Å². The lowest BCUT2D eigenvalue weighted by Gasteiger charge is -2.07. The van der Waals surface area contributed by atoms with Crippen molar-refractivity contribution < 1.29 is 18.3 Å². The quantitative estimate of drug-likeness (QED) is 0.619. The first-order valence-electron chi connectivity index (χ1n) is 4.57. The number of pyridine rings is 1. The second-order valence-corrected chi connectivity index (χ2v) is 3.25. The lowest BCUT2D eigenvalue weighted by molar-refractivity contribution is 0.0525. The summed E-state index contributed by atoms with van der Waals surface area (Å²) in [6, 6.07) is 2.44. The standard InChI is InChI=1S/C10H7ClF2N2O2/c1-2-17-10(16)5-3-7(9(12)13)15-8(11)6(5)4-14/h3,9H,2H2,1H3. The maximum atomic E-state index is 12.5. The SMILES string of the molecule is CCOC(=O)c1cc(C(F)F)nc(Cl)c1C#N. The molecular formula is C10H7ClF2N2O2. The van der Waals surface area contributed by atoms with E-state index in [0.717, 1.165) is 6.07 Å². The summed E-state index contributed by atoms with van der Waals surface area (Å²) >= 11 is 5.55. The molecule has 0 aliphatic rings. The normalized spacial score (nSPS) is 10.1. The Balaban J connectivity index is 3.35. The molecule has 0 amide bonds. The summed E-state index contributed by atoms with van der Waals surface area (Å²) in [5.41, 5.74) is -1.24.